The van der Waals surface area contributed by atoms with Crippen LogP contribution >= 0.6 is 0 Å². The van der Waals surface area contributed by atoms with Crippen molar-refractivity contribution in [2.24, 2.45) is 5.92 Å². The molecule has 0 saturated heterocycles. The molecule has 0 heterocycles. The SMILES string of the molecule is COCCC1(NCC(C)C)CCCC1. The minimum absolute atomic E-state index is 0.403. The topological polar surface area (TPSA) is 21.3 Å². The average molecular weight is 199 g/mol. The van der Waals surface area contributed by atoms with Gasteiger partial charge in [-0.1, -0.05) is 26.7 Å². The summed E-state index contributed by atoms with van der Waals surface area (Å²) in [5.41, 5.74) is 0.403. The van der Waals surface area contributed by atoms with E-state index in [1.807, 2.05) is 0 Å². The second-order valence-corrected chi connectivity index (χ2v) is 5.00. The maximum atomic E-state index is 5.20. The van der Waals surface area contributed by atoms with Crippen molar-refractivity contribution in [2.75, 3.05) is 20.3 Å². The fourth-order valence-electron chi connectivity index (χ4n) is 2.29. The first-order valence-electron chi connectivity index (χ1n) is 5.92. The lowest BCUT2D eigenvalue weighted by atomic mass is 9.93. The molecule has 1 aliphatic carbocycles. The summed E-state index contributed by atoms with van der Waals surface area (Å²) in [7, 11) is 1.80. The molecule has 0 atom stereocenters. The third-order valence-corrected chi connectivity index (χ3v) is 3.23. The van der Waals surface area contributed by atoms with E-state index in [9.17, 15) is 0 Å². The molecule has 0 unspecified atom stereocenters. The van der Waals surface area contributed by atoms with E-state index >= 15 is 0 Å². The zero-order chi connectivity index (χ0) is 10.4. The van der Waals surface area contributed by atoms with E-state index in [1.165, 1.54) is 32.1 Å². The first-order valence-corrected chi connectivity index (χ1v) is 5.92. The van der Waals surface area contributed by atoms with Gasteiger partial charge in [-0.3, -0.25) is 0 Å². The summed E-state index contributed by atoms with van der Waals surface area (Å²) in [5.74, 6) is 0.745. The van der Waals surface area contributed by atoms with Crippen LogP contribution in [0.1, 0.15) is 46.0 Å². The van der Waals surface area contributed by atoms with Gasteiger partial charge in [0.05, 0.1) is 0 Å². The van der Waals surface area contributed by atoms with Crippen molar-refractivity contribution in [1.82, 2.24) is 5.32 Å². The Morgan fingerprint density at radius 1 is 1.29 bits per heavy atom. The molecule has 1 N–H and O–H groups in total. The van der Waals surface area contributed by atoms with E-state index in [4.69, 9.17) is 4.74 Å². The summed E-state index contributed by atoms with van der Waals surface area (Å²) in [4.78, 5) is 0. The van der Waals surface area contributed by atoms with Crippen LogP contribution in [0.25, 0.3) is 0 Å². The molecule has 2 nitrogen and oxygen atoms in total. The summed E-state index contributed by atoms with van der Waals surface area (Å²) in [6, 6.07) is 0. The molecule has 0 amide bonds. The second-order valence-electron chi connectivity index (χ2n) is 5.00. The smallest absolute Gasteiger partial charge is 0.0479 e. The standard InChI is InChI=1S/C12H25NO/c1-11(2)10-13-12(8-9-14-3)6-4-5-7-12/h11,13H,4-10H2,1-3H3. The largest absolute Gasteiger partial charge is 0.385 e. The van der Waals surface area contributed by atoms with E-state index in [0.29, 0.717) is 5.54 Å². The van der Waals surface area contributed by atoms with Crippen molar-refractivity contribution in [2.45, 2.75) is 51.5 Å². The summed E-state index contributed by atoms with van der Waals surface area (Å²) >= 11 is 0. The van der Waals surface area contributed by atoms with Gasteiger partial charge >= 0.3 is 0 Å². The van der Waals surface area contributed by atoms with E-state index in [2.05, 4.69) is 19.2 Å². The molecule has 0 bridgehead atoms. The Morgan fingerprint density at radius 3 is 2.43 bits per heavy atom. The van der Waals surface area contributed by atoms with E-state index in [1.54, 1.807) is 7.11 Å². The van der Waals surface area contributed by atoms with Crippen molar-refractivity contribution in [3.05, 3.63) is 0 Å². The summed E-state index contributed by atoms with van der Waals surface area (Å²) in [5, 5.41) is 3.75. The van der Waals surface area contributed by atoms with Gasteiger partial charge in [0.15, 0.2) is 0 Å². The van der Waals surface area contributed by atoms with Crippen LogP contribution in [0.15, 0.2) is 0 Å². The van der Waals surface area contributed by atoms with Gasteiger partial charge in [0, 0.05) is 19.3 Å². The van der Waals surface area contributed by atoms with Crippen LogP contribution in [-0.4, -0.2) is 25.8 Å². The average Bonchev–Trinajstić information content (AvgIpc) is 2.61. The number of hydrogen-bond donors (Lipinski definition) is 1. The third kappa shape index (κ3) is 3.58. The minimum Gasteiger partial charge on any atom is -0.385 e. The molecule has 0 spiro atoms. The van der Waals surface area contributed by atoms with Gasteiger partial charge in [-0.15, -0.1) is 0 Å². The Bertz CT molecular complexity index is 150. The van der Waals surface area contributed by atoms with Crippen LogP contribution in [0, 0.1) is 5.92 Å². The van der Waals surface area contributed by atoms with Crippen LogP contribution in [0.2, 0.25) is 0 Å². The second kappa shape index (κ2) is 5.72. The van der Waals surface area contributed by atoms with Crippen molar-refractivity contribution >= 4 is 0 Å². The van der Waals surface area contributed by atoms with Gasteiger partial charge in [-0.05, 0) is 31.7 Å². The predicted molar refractivity (Wildman–Crippen MR) is 60.5 cm³/mol. The molecule has 2 heteroatoms. The summed E-state index contributed by atoms with van der Waals surface area (Å²) in [6.07, 6.45) is 6.62. The highest BCUT2D eigenvalue weighted by atomic mass is 16.5. The van der Waals surface area contributed by atoms with E-state index < -0.39 is 0 Å². The first kappa shape index (κ1) is 12.0. The van der Waals surface area contributed by atoms with Gasteiger partial charge < -0.3 is 10.1 Å². The van der Waals surface area contributed by atoms with Crippen molar-refractivity contribution in [3.8, 4) is 0 Å². The predicted octanol–water partition coefficient (Wildman–Crippen LogP) is 2.58. The highest BCUT2D eigenvalue weighted by Crippen LogP contribution is 2.32. The Hall–Kier alpha value is -0.0800. The molecule has 84 valence electrons. The lowest BCUT2D eigenvalue weighted by Crippen LogP contribution is -2.45. The number of methoxy groups -OCH3 is 1. The maximum Gasteiger partial charge on any atom is 0.0479 e. The minimum atomic E-state index is 0.403. The maximum absolute atomic E-state index is 5.20. The van der Waals surface area contributed by atoms with Gasteiger partial charge in [-0.2, -0.15) is 0 Å². The summed E-state index contributed by atoms with van der Waals surface area (Å²) in [6.45, 7) is 6.58. The van der Waals surface area contributed by atoms with Crippen LogP contribution in [0.3, 0.4) is 0 Å². The Morgan fingerprint density at radius 2 is 1.93 bits per heavy atom. The highest BCUT2D eigenvalue weighted by Gasteiger charge is 2.32. The molecule has 0 radical (unpaired) electrons. The molecular formula is C12H25NO. The fraction of sp³-hybridized carbons (Fsp3) is 1.00. The Labute approximate surface area is 88.4 Å². The number of hydrogen-bond acceptors (Lipinski definition) is 2. The van der Waals surface area contributed by atoms with Crippen LogP contribution < -0.4 is 5.32 Å². The Kier molecular flexibility index (Phi) is 4.90. The molecule has 1 rings (SSSR count). The lowest BCUT2D eigenvalue weighted by Gasteiger charge is -2.31. The van der Waals surface area contributed by atoms with Crippen LogP contribution in [0.4, 0.5) is 0 Å². The molecule has 14 heavy (non-hydrogen) atoms. The molecule has 1 fully saturated rings. The normalized spacial score (nSPS) is 20.6. The van der Waals surface area contributed by atoms with Crippen LogP contribution in [-0.2, 0) is 4.74 Å². The van der Waals surface area contributed by atoms with Crippen molar-refractivity contribution in [3.63, 3.8) is 0 Å². The highest BCUT2D eigenvalue weighted by molar-refractivity contribution is 4.92. The van der Waals surface area contributed by atoms with Gasteiger partial charge in [0.25, 0.3) is 0 Å². The van der Waals surface area contributed by atoms with Crippen molar-refractivity contribution in [1.29, 1.82) is 0 Å². The third-order valence-electron chi connectivity index (χ3n) is 3.23. The quantitative estimate of drug-likeness (QED) is 0.710. The molecule has 0 aromatic heterocycles. The number of rotatable bonds is 6. The van der Waals surface area contributed by atoms with Gasteiger partial charge in [0.2, 0.25) is 0 Å². The number of nitrogens with one attached hydrogen (secondary N) is 1. The monoisotopic (exact) mass is 199 g/mol. The molecule has 0 aromatic rings. The zero-order valence-corrected chi connectivity index (χ0v) is 9.94. The molecular weight excluding hydrogens is 174 g/mol. The van der Waals surface area contributed by atoms with Gasteiger partial charge in [-0.25, -0.2) is 0 Å². The fourth-order valence-corrected chi connectivity index (χ4v) is 2.29. The summed E-state index contributed by atoms with van der Waals surface area (Å²) < 4.78 is 5.20. The number of ether oxygens (including phenoxy) is 1. The Balaban J connectivity index is 2.36. The van der Waals surface area contributed by atoms with Crippen LogP contribution in [0.5, 0.6) is 0 Å². The van der Waals surface area contributed by atoms with E-state index in [-0.39, 0.29) is 0 Å². The first-order chi connectivity index (χ1) is 6.68. The zero-order valence-electron chi connectivity index (χ0n) is 9.94. The molecule has 0 aliphatic heterocycles. The van der Waals surface area contributed by atoms with E-state index in [0.717, 1.165) is 19.1 Å². The molecule has 1 aliphatic rings. The molecule has 1 saturated carbocycles. The van der Waals surface area contributed by atoms with Gasteiger partial charge in [0.1, 0.15) is 0 Å². The lowest BCUT2D eigenvalue weighted by molar-refractivity contribution is 0.153. The van der Waals surface area contributed by atoms with Crippen molar-refractivity contribution < 1.29 is 4.74 Å². The molecule has 0 aromatic carbocycles.